The summed E-state index contributed by atoms with van der Waals surface area (Å²) in [5, 5.41) is 9.50. The molecule has 3 nitrogen and oxygen atoms in total. The molecule has 0 rings (SSSR count). The molecule has 0 aromatic carbocycles. The largest absolute Gasteiger partial charge is 0.350 e. The van der Waals surface area contributed by atoms with E-state index in [1.54, 1.807) is 13.3 Å². The summed E-state index contributed by atoms with van der Waals surface area (Å²) >= 11 is 0. The maximum atomic E-state index is 6.74. The van der Waals surface area contributed by atoms with Crippen molar-refractivity contribution in [1.29, 1.82) is 5.41 Å². The molecule has 0 saturated carbocycles. The van der Waals surface area contributed by atoms with Gasteiger partial charge in [0.25, 0.3) is 0 Å². The molecule has 0 aromatic rings. The molecule has 0 spiro atoms. The van der Waals surface area contributed by atoms with Gasteiger partial charge < -0.3 is 5.32 Å². The molecule has 0 fully saturated rings. The molecule has 2 N–H and O–H groups in total. The smallest absolute Gasteiger partial charge is 0.0832 e. The van der Waals surface area contributed by atoms with Crippen LogP contribution < -0.4 is 5.32 Å². The van der Waals surface area contributed by atoms with Crippen molar-refractivity contribution in [1.82, 2.24) is 5.32 Å². The van der Waals surface area contributed by atoms with Crippen LogP contribution in [0.5, 0.6) is 0 Å². The molecule has 56 valence electrons. The second-order valence-corrected chi connectivity index (χ2v) is 1.98. The number of allylic oxidation sites excluding steroid dienone is 2. The molecule has 0 aliphatic rings. The maximum absolute atomic E-state index is 6.74. The molecule has 0 bridgehead atoms. The Morgan fingerprint density at radius 1 is 1.50 bits per heavy atom. The van der Waals surface area contributed by atoms with Crippen LogP contribution in [0, 0.1) is 5.41 Å². The van der Waals surface area contributed by atoms with Crippen molar-refractivity contribution in [2.24, 2.45) is 4.99 Å². The van der Waals surface area contributed by atoms with Gasteiger partial charge in [-0.25, -0.2) is 0 Å². The van der Waals surface area contributed by atoms with Crippen LogP contribution in [0.1, 0.15) is 13.8 Å². The normalized spacial score (nSPS) is 13.1. The number of hydrogen-bond acceptors (Lipinski definition) is 2. The van der Waals surface area contributed by atoms with Crippen LogP contribution in [0.2, 0.25) is 0 Å². The van der Waals surface area contributed by atoms with Gasteiger partial charge in [0.2, 0.25) is 0 Å². The lowest BCUT2D eigenvalue weighted by Crippen LogP contribution is -2.08. The first kappa shape index (κ1) is 8.88. The fraction of sp³-hybridized carbons (Fsp3) is 0.429. The zero-order valence-corrected chi connectivity index (χ0v) is 6.60. The quantitative estimate of drug-likeness (QED) is 0.447. The van der Waals surface area contributed by atoms with Crippen molar-refractivity contribution in [2.45, 2.75) is 13.8 Å². The topological polar surface area (TPSA) is 48.2 Å². The Labute approximate surface area is 61.4 Å². The number of hydrogen-bond donors (Lipinski definition) is 2. The van der Waals surface area contributed by atoms with Gasteiger partial charge >= 0.3 is 0 Å². The second-order valence-electron chi connectivity index (χ2n) is 1.98. The molecule has 0 aromatic heterocycles. The van der Waals surface area contributed by atoms with Crippen molar-refractivity contribution in [3.8, 4) is 0 Å². The van der Waals surface area contributed by atoms with E-state index < -0.39 is 0 Å². The van der Waals surface area contributed by atoms with Gasteiger partial charge in [-0.05, 0) is 19.4 Å². The summed E-state index contributed by atoms with van der Waals surface area (Å²) in [5.74, 6) is 0. The Bertz CT molecular complexity index is 168. The highest BCUT2D eigenvalue weighted by Crippen LogP contribution is 1.94. The third-order valence-corrected chi connectivity index (χ3v) is 1.20. The Morgan fingerprint density at radius 3 is 2.50 bits per heavy atom. The Kier molecular flexibility index (Phi) is 4.20. The lowest BCUT2D eigenvalue weighted by molar-refractivity contribution is 1.10. The van der Waals surface area contributed by atoms with E-state index in [2.05, 4.69) is 10.3 Å². The molecular formula is C7H13N3. The van der Waals surface area contributed by atoms with Gasteiger partial charge in [0.05, 0.1) is 6.34 Å². The molecule has 0 saturated heterocycles. The minimum atomic E-state index is 0.959. The van der Waals surface area contributed by atoms with E-state index >= 15 is 0 Å². The fourth-order valence-electron chi connectivity index (χ4n) is 0.513. The van der Waals surface area contributed by atoms with Crippen molar-refractivity contribution < 1.29 is 0 Å². The molecule has 0 aliphatic carbocycles. The number of aliphatic imine (C=N–C) groups is 1. The van der Waals surface area contributed by atoms with Crippen LogP contribution >= 0.6 is 0 Å². The van der Waals surface area contributed by atoms with E-state index in [0.29, 0.717) is 0 Å². The minimum Gasteiger partial charge on any atom is -0.350 e. The molecule has 0 unspecified atom stereocenters. The van der Waals surface area contributed by atoms with E-state index in [4.69, 9.17) is 5.41 Å². The van der Waals surface area contributed by atoms with Gasteiger partial charge in [0, 0.05) is 19.0 Å². The summed E-state index contributed by atoms with van der Waals surface area (Å²) in [4.78, 5) is 3.84. The fourth-order valence-corrected chi connectivity index (χ4v) is 0.513. The van der Waals surface area contributed by atoms with Crippen molar-refractivity contribution in [3.63, 3.8) is 0 Å². The monoisotopic (exact) mass is 139 g/mol. The Balaban J connectivity index is 4.17. The zero-order chi connectivity index (χ0) is 7.98. The molecule has 0 amide bonds. The Hall–Kier alpha value is -1.12. The molecular weight excluding hydrogens is 126 g/mol. The van der Waals surface area contributed by atoms with Crippen molar-refractivity contribution in [2.75, 3.05) is 7.05 Å². The summed E-state index contributed by atoms with van der Waals surface area (Å²) < 4.78 is 0. The Morgan fingerprint density at radius 2 is 2.10 bits per heavy atom. The van der Waals surface area contributed by atoms with Crippen LogP contribution in [0.15, 0.2) is 16.3 Å². The second kappa shape index (κ2) is 4.73. The molecule has 0 atom stereocenters. The van der Waals surface area contributed by atoms with E-state index in [-0.39, 0.29) is 0 Å². The van der Waals surface area contributed by atoms with Crippen molar-refractivity contribution in [3.05, 3.63) is 11.3 Å². The number of nitrogens with zero attached hydrogens (tertiary/aromatic N) is 1. The first-order valence-electron chi connectivity index (χ1n) is 3.07. The van der Waals surface area contributed by atoms with Gasteiger partial charge in [0.15, 0.2) is 0 Å². The van der Waals surface area contributed by atoms with Gasteiger partial charge in [-0.15, -0.1) is 0 Å². The van der Waals surface area contributed by atoms with Crippen LogP contribution in [-0.4, -0.2) is 19.6 Å². The third kappa shape index (κ3) is 3.02. The maximum Gasteiger partial charge on any atom is 0.0832 e. The molecule has 10 heavy (non-hydrogen) atoms. The number of rotatable bonds is 3. The van der Waals surface area contributed by atoms with Gasteiger partial charge in [-0.1, -0.05) is 0 Å². The summed E-state index contributed by atoms with van der Waals surface area (Å²) in [5.41, 5.74) is 2.01. The third-order valence-electron chi connectivity index (χ3n) is 1.20. The zero-order valence-electron chi connectivity index (χ0n) is 6.60. The lowest BCUT2D eigenvalue weighted by atomic mass is 10.3. The first-order valence-corrected chi connectivity index (χ1v) is 3.07. The molecule has 0 radical (unpaired) electrons. The standard InChI is InChI=1S/C7H13N3/c1-6(4-9-3)7(2)10-5-8/h4-5H,1-3H3,(H2,8,10). The van der Waals surface area contributed by atoms with Crippen LogP contribution in [0.4, 0.5) is 0 Å². The van der Waals surface area contributed by atoms with Crippen LogP contribution in [-0.2, 0) is 0 Å². The summed E-state index contributed by atoms with van der Waals surface area (Å²) in [6.07, 6.45) is 2.91. The van der Waals surface area contributed by atoms with Crippen LogP contribution in [0.25, 0.3) is 0 Å². The predicted molar refractivity (Wildman–Crippen MR) is 44.7 cm³/mol. The highest BCUT2D eigenvalue weighted by atomic mass is 14.9. The SMILES string of the molecule is CN=CC(C)=C(C)NC=N. The van der Waals surface area contributed by atoms with E-state index in [9.17, 15) is 0 Å². The minimum absolute atomic E-state index is 0.959. The summed E-state index contributed by atoms with van der Waals surface area (Å²) in [7, 11) is 1.72. The molecule has 3 heteroatoms. The summed E-state index contributed by atoms with van der Waals surface area (Å²) in [6.45, 7) is 3.85. The molecule has 0 aliphatic heterocycles. The predicted octanol–water partition coefficient (Wildman–Crippen LogP) is 1.18. The molecule has 0 heterocycles. The van der Waals surface area contributed by atoms with Crippen LogP contribution in [0.3, 0.4) is 0 Å². The van der Waals surface area contributed by atoms with E-state index in [0.717, 1.165) is 17.6 Å². The van der Waals surface area contributed by atoms with Gasteiger partial charge in [-0.3, -0.25) is 10.4 Å². The van der Waals surface area contributed by atoms with E-state index in [1.165, 1.54) is 0 Å². The highest BCUT2D eigenvalue weighted by molar-refractivity contribution is 5.79. The summed E-state index contributed by atoms with van der Waals surface area (Å²) in [6, 6.07) is 0. The number of nitrogens with one attached hydrogen (secondary N) is 2. The highest BCUT2D eigenvalue weighted by Gasteiger charge is 1.88. The van der Waals surface area contributed by atoms with Crippen molar-refractivity contribution >= 4 is 12.6 Å². The lowest BCUT2D eigenvalue weighted by Gasteiger charge is -2.00. The van der Waals surface area contributed by atoms with Gasteiger partial charge in [0.1, 0.15) is 0 Å². The first-order chi connectivity index (χ1) is 4.72. The van der Waals surface area contributed by atoms with E-state index in [1.807, 2.05) is 13.8 Å². The van der Waals surface area contributed by atoms with Gasteiger partial charge in [-0.2, -0.15) is 0 Å². The average Bonchev–Trinajstić information content (AvgIpc) is 1.89. The average molecular weight is 139 g/mol.